The van der Waals surface area contributed by atoms with Gasteiger partial charge in [-0.25, -0.2) is 0 Å². The van der Waals surface area contributed by atoms with E-state index in [9.17, 15) is 4.79 Å². The minimum atomic E-state index is -0.169. The highest BCUT2D eigenvalue weighted by Gasteiger charge is 2.12. The van der Waals surface area contributed by atoms with Gasteiger partial charge in [-0.15, -0.1) is 5.10 Å². The third-order valence-electron chi connectivity index (χ3n) is 4.04. The first kappa shape index (κ1) is 17.4. The molecule has 0 amide bonds. The standard InChI is InChI=1S/C20H18N4O2S/c1-2-3-11-26-16-8-6-15(7-9-16)18-22-20-24(23-18)19(25)17(27-20)12-14-5-4-10-21-13-14/h4-10,12-13H,2-3,11H2,1H3/b17-12-. The molecular formula is C20H18N4O2S. The largest absolute Gasteiger partial charge is 0.494 e. The van der Waals surface area contributed by atoms with Gasteiger partial charge in [0.25, 0.3) is 5.56 Å². The number of nitrogens with zero attached hydrogens (tertiary/aromatic N) is 4. The number of thiazole rings is 1. The third kappa shape index (κ3) is 3.73. The van der Waals surface area contributed by atoms with Gasteiger partial charge in [0.1, 0.15) is 5.75 Å². The number of fused-ring (bicyclic) bond motifs is 1. The third-order valence-corrected chi connectivity index (χ3v) is 5.00. The van der Waals surface area contributed by atoms with Gasteiger partial charge >= 0.3 is 0 Å². The van der Waals surface area contributed by atoms with Crippen molar-refractivity contribution in [1.29, 1.82) is 0 Å². The minimum Gasteiger partial charge on any atom is -0.494 e. The number of aromatic nitrogens is 4. The van der Waals surface area contributed by atoms with Gasteiger partial charge in [0, 0.05) is 18.0 Å². The first-order valence-electron chi connectivity index (χ1n) is 8.79. The SMILES string of the molecule is CCCCOc1ccc(-c2nc3s/c(=C\c4cccnc4)c(=O)n3n2)cc1. The summed E-state index contributed by atoms with van der Waals surface area (Å²) in [6.07, 6.45) is 7.35. The molecule has 1 aromatic carbocycles. The van der Waals surface area contributed by atoms with Crippen LogP contribution in [0.3, 0.4) is 0 Å². The van der Waals surface area contributed by atoms with Crippen LogP contribution < -0.4 is 14.8 Å². The van der Waals surface area contributed by atoms with Crippen LogP contribution in [0.1, 0.15) is 25.3 Å². The smallest absolute Gasteiger partial charge is 0.291 e. The Balaban J connectivity index is 1.61. The van der Waals surface area contributed by atoms with E-state index in [-0.39, 0.29) is 5.56 Å². The molecule has 4 rings (SSSR count). The van der Waals surface area contributed by atoms with Crippen LogP contribution in [0.15, 0.2) is 53.6 Å². The molecule has 0 spiro atoms. The number of benzene rings is 1. The molecule has 0 unspecified atom stereocenters. The van der Waals surface area contributed by atoms with E-state index in [1.807, 2.05) is 36.4 Å². The summed E-state index contributed by atoms with van der Waals surface area (Å²) >= 11 is 1.32. The maximum Gasteiger partial charge on any atom is 0.291 e. The topological polar surface area (TPSA) is 69.4 Å². The molecule has 0 bridgehead atoms. The molecule has 0 fully saturated rings. The molecule has 136 valence electrons. The lowest BCUT2D eigenvalue weighted by Crippen LogP contribution is -2.23. The lowest BCUT2D eigenvalue weighted by atomic mass is 10.2. The van der Waals surface area contributed by atoms with E-state index in [1.54, 1.807) is 18.5 Å². The summed E-state index contributed by atoms with van der Waals surface area (Å²) in [6.45, 7) is 2.84. The second-order valence-corrected chi connectivity index (χ2v) is 7.07. The van der Waals surface area contributed by atoms with Crippen LogP contribution in [-0.2, 0) is 0 Å². The van der Waals surface area contributed by atoms with Gasteiger partial charge in [-0.1, -0.05) is 30.7 Å². The van der Waals surface area contributed by atoms with E-state index >= 15 is 0 Å². The summed E-state index contributed by atoms with van der Waals surface area (Å²) in [5.41, 5.74) is 1.56. The Morgan fingerprint density at radius 1 is 1.22 bits per heavy atom. The fraction of sp³-hybridized carbons (Fsp3) is 0.200. The highest BCUT2D eigenvalue weighted by molar-refractivity contribution is 7.15. The number of rotatable bonds is 6. The monoisotopic (exact) mass is 378 g/mol. The van der Waals surface area contributed by atoms with Crippen molar-refractivity contribution in [3.05, 3.63) is 69.2 Å². The Hall–Kier alpha value is -3.06. The minimum absolute atomic E-state index is 0.169. The van der Waals surface area contributed by atoms with Crippen molar-refractivity contribution >= 4 is 22.4 Å². The van der Waals surface area contributed by atoms with Crippen LogP contribution in [0.5, 0.6) is 5.75 Å². The highest BCUT2D eigenvalue weighted by Crippen LogP contribution is 2.20. The van der Waals surface area contributed by atoms with E-state index in [2.05, 4.69) is 22.0 Å². The summed E-state index contributed by atoms with van der Waals surface area (Å²) in [6, 6.07) is 11.4. The quantitative estimate of drug-likeness (QED) is 0.483. The summed E-state index contributed by atoms with van der Waals surface area (Å²) in [5, 5.41) is 4.38. The van der Waals surface area contributed by atoms with Crippen molar-refractivity contribution in [2.24, 2.45) is 0 Å². The lowest BCUT2D eigenvalue weighted by molar-refractivity contribution is 0.309. The van der Waals surface area contributed by atoms with Gasteiger partial charge in [-0.2, -0.15) is 9.50 Å². The number of hydrogen-bond donors (Lipinski definition) is 0. The molecule has 0 aliphatic rings. The second kappa shape index (κ2) is 7.67. The summed E-state index contributed by atoms with van der Waals surface area (Å²) in [4.78, 5) is 21.7. The highest BCUT2D eigenvalue weighted by atomic mass is 32.1. The van der Waals surface area contributed by atoms with Gasteiger partial charge in [0.15, 0.2) is 5.82 Å². The molecule has 0 radical (unpaired) electrons. The molecule has 27 heavy (non-hydrogen) atoms. The van der Waals surface area contributed by atoms with Crippen molar-refractivity contribution < 1.29 is 4.74 Å². The molecule has 7 heteroatoms. The molecule has 0 saturated carbocycles. The molecular weight excluding hydrogens is 360 g/mol. The van der Waals surface area contributed by atoms with E-state index in [0.29, 0.717) is 21.9 Å². The summed E-state index contributed by atoms with van der Waals surface area (Å²) in [5.74, 6) is 1.36. The molecule has 4 aromatic rings. The van der Waals surface area contributed by atoms with Crippen molar-refractivity contribution in [3.63, 3.8) is 0 Å². The molecule has 0 N–H and O–H groups in total. The fourth-order valence-corrected chi connectivity index (χ4v) is 3.51. The van der Waals surface area contributed by atoms with Gasteiger partial charge in [-0.3, -0.25) is 9.78 Å². The van der Waals surface area contributed by atoms with Crippen LogP contribution in [0, 0.1) is 0 Å². The molecule has 0 atom stereocenters. The Morgan fingerprint density at radius 3 is 2.78 bits per heavy atom. The summed E-state index contributed by atoms with van der Waals surface area (Å²) < 4.78 is 7.61. The van der Waals surface area contributed by atoms with E-state index in [4.69, 9.17) is 4.74 Å². The lowest BCUT2D eigenvalue weighted by Gasteiger charge is -2.05. The van der Waals surface area contributed by atoms with E-state index < -0.39 is 0 Å². The van der Waals surface area contributed by atoms with Crippen LogP contribution in [-0.4, -0.2) is 26.2 Å². The van der Waals surface area contributed by atoms with Gasteiger partial charge in [0.05, 0.1) is 11.1 Å². The fourth-order valence-electron chi connectivity index (χ4n) is 2.60. The average molecular weight is 378 g/mol. The maximum absolute atomic E-state index is 12.6. The zero-order chi connectivity index (χ0) is 18.6. The number of hydrogen-bond acceptors (Lipinski definition) is 6. The van der Waals surface area contributed by atoms with Crippen molar-refractivity contribution in [3.8, 4) is 17.1 Å². The number of pyridine rings is 1. The second-order valence-electron chi connectivity index (χ2n) is 6.06. The van der Waals surface area contributed by atoms with E-state index in [0.717, 1.165) is 29.7 Å². The van der Waals surface area contributed by atoms with Crippen LogP contribution >= 0.6 is 11.3 Å². The Kier molecular flexibility index (Phi) is 4.93. The maximum atomic E-state index is 12.6. The van der Waals surface area contributed by atoms with Crippen molar-refractivity contribution in [1.82, 2.24) is 19.6 Å². The average Bonchev–Trinajstić information content (AvgIpc) is 3.23. The Labute approximate surface area is 159 Å². The van der Waals surface area contributed by atoms with Crippen LogP contribution in [0.4, 0.5) is 0 Å². The zero-order valence-electron chi connectivity index (χ0n) is 14.8. The van der Waals surface area contributed by atoms with Crippen molar-refractivity contribution in [2.75, 3.05) is 6.61 Å². The molecule has 0 aliphatic heterocycles. The molecule has 3 heterocycles. The summed E-state index contributed by atoms with van der Waals surface area (Å²) in [7, 11) is 0. The van der Waals surface area contributed by atoms with Gasteiger partial charge < -0.3 is 4.74 Å². The van der Waals surface area contributed by atoms with Crippen molar-refractivity contribution in [2.45, 2.75) is 19.8 Å². The predicted molar refractivity (Wildman–Crippen MR) is 106 cm³/mol. The van der Waals surface area contributed by atoms with E-state index in [1.165, 1.54) is 15.9 Å². The Bertz CT molecular complexity index is 1150. The molecule has 0 aliphatic carbocycles. The Morgan fingerprint density at radius 2 is 2.07 bits per heavy atom. The number of ether oxygens (including phenoxy) is 1. The first-order chi connectivity index (χ1) is 13.2. The normalized spacial score (nSPS) is 12.0. The number of unbranched alkanes of at least 4 members (excludes halogenated alkanes) is 1. The van der Waals surface area contributed by atoms with Crippen LogP contribution in [0.2, 0.25) is 0 Å². The zero-order valence-corrected chi connectivity index (χ0v) is 15.6. The van der Waals surface area contributed by atoms with Gasteiger partial charge in [-0.05, 0) is 48.4 Å². The van der Waals surface area contributed by atoms with Crippen LogP contribution in [0.25, 0.3) is 22.4 Å². The molecule has 3 aromatic heterocycles. The predicted octanol–water partition coefficient (Wildman–Crippen LogP) is 2.94. The van der Waals surface area contributed by atoms with Gasteiger partial charge in [0.2, 0.25) is 4.96 Å². The first-order valence-corrected chi connectivity index (χ1v) is 9.61. The molecule has 6 nitrogen and oxygen atoms in total. The molecule has 0 saturated heterocycles.